The molecule has 136 valence electrons. The summed E-state index contributed by atoms with van der Waals surface area (Å²) in [4.78, 5) is 12.2. The zero-order valence-corrected chi connectivity index (χ0v) is 15.2. The normalized spacial score (nSPS) is 14.5. The predicted octanol–water partition coefficient (Wildman–Crippen LogP) is 3.58. The van der Waals surface area contributed by atoms with Gasteiger partial charge in [-0.3, -0.25) is 0 Å². The standard InChI is InChI=1S/C19H23N5O2/c1-11(2)16(12-4-5-14-15(10-12)26-9-8-25-14)22-18-13-6-7-21-17(13)23-19(20-3)24-18/h4-7,10-11,16H,8-9H2,1-3H3,(H3,20,21,22,23,24)/t16-/m1/s1. The maximum absolute atomic E-state index is 5.75. The molecule has 1 aromatic carbocycles. The first-order valence-corrected chi connectivity index (χ1v) is 8.84. The van der Waals surface area contributed by atoms with Crippen LogP contribution in [0.15, 0.2) is 30.5 Å². The van der Waals surface area contributed by atoms with Crippen molar-refractivity contribution in [1.29, 1.82) is 0 Å². The van der Waals surface area contributed by atoms with Gasteiger partial charge in [0.2, 0.25) is 5.95 Å². The molecule has 0 saturated carbocycles. The third-order valence-corrected chi connectivity index (χ3v) is 4.52. The highest BCUT2D eigenvalue weighted by atomic mass is 16.6. The van der Waals surface area contributed by atoms with Crippen molar-refractivity contribution in [2.24, 2.45) is 5.92 Å². The Morgan fingerprint density at radius 3 is 2.65 bits per heavy atom. The van der Waals surface area contributed by atoms with Crippen LogP contribution in [0.5, 0.6) is 11.5 Å². The Morgan fingerprint density at radius 2 is 1.88 bits per heavy atom. The molecule has 0 unspecified atom stereocenters. The number of benzene rings is 1. The summed E-state index contributed by atoms with van der Waals surface area (Å²) in [5.41, 5.74) is 1.94. The molecule has 1 atom stereocenters. The molecular formula is C19H23N5O2. The fraction of sp³-hybridized carbons (Fsp3) is 0.368. The Hall–Kier alpha value is -2.96. The lowest BCUT2D eigenvalue weighted by molar-refractivity contribution is 0.171. The van der Waals surface area contributed by atoms with Crippen molar-refractivity contribution >= 4 is 22.8 Å². The lowest BCUT2D eigenvalue weighted by Gasteiger charge is -2.26. The summed E-state index contributed by atoms with van der Waals surface area (Å²) < 4.78 is 11.4. The first kappa shape index (κ1) is 16.5. The van der Waals surface area contributed by atoms with Crippen molar-refractivity contribution in [3.63, 3.8) is 0 Å². The topological polar surface area (TPSA) is 84.1 Å². The summed E-state index contributed by atoms with van der Waals surface area (Å²) >= 11 is 0. The van der Waals surface area contributed by atoms with Gasteiger partial charge in [-0.15, -0.1) is 0 Å². The molecule has 0 spiro atoms. The highest BCUT2D eigenvalue weighted by Gasteiger charge is 2.21. The second-order valence-electron chi connectivity index (χ2n) is 6.65. The van der Waals surface area contributed by atoms with Crippen molar-refractivity contribution in [3.05, 3.63) is 36.0 Å². The average Bonchev–Trinajstić information content (AvgIpc) is 3.14. The lowest BCUT2D eigenvalue weighted by atomic mass is 9.95. The number of H-pyrrole nitrogens is 1. The maximum atomic E-state index is 5.75. The van der Waals surface area contributed by atoms with E-state index in [1.165, 1.54) is 0 Å². The average molecular weight is 353 g/mol. The second-order valence-corrected chi connectivity index (χ2v) is 6.65. The Kier molecular flexibility index (Phi) is 4.28. The van der Waals surface area contributed by atoms with E-state index >= 15 is 0 Å². The van der Waals surface area contributed by atoms with E-state index in [9.17, 15) is 0 Å². The van der Waals surface area contributed by atoms with Gasteiger partial charge < -0.3 is 25.1 Å². The Bertz CT molecular complexity index is 921. The number of aromatic amines is 1. The molecule has 0 aliphatic carbocycles. The molecule has 4 rings (SSSR count). The van der Waals surface area contributed by atoms with Crippen LogP contribution in [0.25, 0.3) is 11.0 Å². The van der Waals surface area contributed by atoms with Crippen LogP contribution >= 0.6 is 0 Å². The third-order valence-electron chi connectivity index (χ3n) is 4.52. The van der Waals surface area contributed by atoms with Crippen LogP contribution in [0.1, 0.15) is 25.5 Å². The Labute approximate surface area is 152 Å². The van der Waals surface area contributed by atoms with Gasteiger partial charge in [0.1, 0.15) is 24.7 Å². The minimum absolute atomic E-state index is 0.0727. The zero-order valence-electron chi connectivity index (χ0n) is 15.2. The van der Waals surface area contributed by atoms with E-state index in [2.05, 4.69) is 51.6 Å². The number of fused-ring (bicyclic) bond motifs is 2. The largest absolute Gasteiger partial charge is 0.486 e. The molecule has 1 aliphatic heterocycles. The van der Waals surface area contributed by atoms with Gasteiger partial charge in [-0.2, -0.15) is 9.97 Å². The van der Waals surface area contributed by atoms with Gasteiger partial charge in [-0.05, 0) is 29.7 Å². The van der Waals surface area contributed by atoms with E-state index in [-0.39, 0.29) is 6.04 Å². The molecule has 3 N–H and O–H groups in total. The molecule has 3 heterocycles. The predicted molar refractivity (Wildman–Crippen MR) is 102 cm³/mol. The van der Waals surface area contributed by atoms with Gasteiger partial charge in [0.25, 0.3) is 0 Å². The molecule has 0 radical (unpaired) electrons. The number of ether oxygens (including phenoxy) is 2. The highest BCUT2D eigenvalue weighted by Crippen LogP contribution is 2.36. The van der Waals surface area contributed by atoms with Crippen LogP contribution in [0.3, 0.4) is 0 Å². The van der Waals surface area contributed by atoms with Gasteiger partial charge in [0, 0.05) is 13.2 Å². The molecular weight excluding hydrogens is 330 g/mol. The van der Waals surface area contributed by atoms with Crippen LogP contribution < -0.4 is 20.1 Å². The summed E-state index contributed by atoms with van der Waals surface area (Å²) in [6, 6.07) is 8.17. The monoisotopic (exact) mass is 353 g/mol. The molecule has 2 aromatic heterocycles. The van der Waals surface area contributed by atoms with Crippen LogP contribution in [-0.2, 0) is 0 Å². The van der Waals surface area contributed by atoms with E-state index in [0.29, 0.717) is 25.1 Å². The summed E-state index contributed by atoms with van der Waals surface area (Å²) in [7, 11) is 1.81. The smallest absolute Gasteiger partial charge is 0.226 e. The van der Waals surface area contributed by atoms with E-state index < -0.39 is 0 Å². The zero-order chi connectivity index (χ0) is 18.1. The minimum atomic E-state index is 0.0727. The van der Waals surface area contributed by atoms with Crippen molar-refractivity contribution in [2.45, 2.75) is 19.9 Å². The summed E-state index contributed by atoms with van der Waals surface area (Å²) in [5.74, 6) is 3.32. The molecule has 0 bridgehead atoms. The molecule has 7 heteroatoms. The Balaban J connectivity index is 1.71. The fourth-order valence-corrected chi connectivity index (χ4v) is 3.20. The van der Waals surface area contributed by atoms with Crippen molar-refractivity contribution in [3.8, 4) is 11.5 Å². The van der Waals surface area contributed by atoms with Gasteiger partial charge in [0.05, 0.1) is 11.4 Å². The first-order valence-electron chi connectivity index (χ1n) is 8.84. The summed E-state index contributed by atoms with van der Waals surface area (Å²) in [6.07, 6.45) is 1.87. The number of rotatable bonds is 5. The van der Waals surface area contributed by atoms with Crippen LogP contribution in [-0.4, -0.2) is 35.2 Å². The maximum Gasteiger partial charge on any atom is 0.226 e. The molecule has 7 nitrogen and oxygen atoms in total. The van der Waals surface area contributed by atoms with E-state index in [1.807, 2.05) is 25.4 Å². The third kappa shape index (κ3) is 3.00. The SMILES string of the molecule is CNc1nc(N[C@@H](c2ccc3c(c2)OCCO3)C(C)C)c2cc[nH]c2n1. The van der Waals surface area contributed by atoms with E-state index in [4.69, 9.17) is 9.47 Å². The lowest BCUT2D eigenvalue weighted by Crippen LogP contribution is -2.20. The fourth-order valence-electron chi connectivity index (χ4n) is 3.20. The van der Waals surface area contributed by atoms with Gasteiger partial charge >= 0.3 is 0 Å². The van der Waals surface area contributed by atoms with E-state index in [0.717, 1.165) is 33.9 Å². The van der Waals surface area contributed by atoms with Crippen molar-refractivity contribution < 1.29 is 9.47 Å². The van der Waals surface area contributed by atoms with Crippen LogP contribution in [0.2, 0.25) is 0 Å². The number of hydrogen-bond acceptors (Lipinski definition) is 6. The van der Waals surface area contributed by atoms with Crippen LogP contribution in [0.4, 0.5) is 11.8 Å². The molecule has 0 amide bonds. The van der Waals surface area contributed by atoms with Gasteiger partial charge in [-0.1, -0.05) is 19.9 Å². The molecule has 0 fully saturated rings. The number of nitrogens with zero attached hydrogens (tertiary/aromatic N) is 2. The Morgan fingerprint density at radius 1 is 1.08 bits per heavy atom. The van der Waals surface area contributed by atoms with Crippen molar-refractivity contribution in [2.75, 3.05) is 30.9 Å². The molecule has 26 heavy (non-hydrogen) atoms. The number of anilines is 2. The number of nitrogens with one attached hydrogen (secondary N) is 3. The molecule has 3 aromatic rings. The van der Waals surface area contributed by atoms with Gasteiger partial charge in [-0.25, -0.2) is 0 Å². The van der Waals surface area contributed by atoms with E-state index in [1.54, 1.807) is 0 Å². The summed E-state index contributed by atoms with van der Waals surface area (Å²) in [6.45, 7) is 5.54. The minimum Gasteiger partial charge on any atom is -0.486 e. The van der Waals surface area contributed by atoms with Crippen LogP contribution in [0, 0.1) is 5.92 Å². The van der Waals surface area contributed by atoms with Crippen molar-refractivity contribution in [1.82, 2.24) is 15.0 Å². The molecule has 0 saturated heterocycles. The quantitative estimate of drug-likeness (QED) is 0.650. The number of aromatic nitrogens is 3. The number of hydrogen-bond donors (Lipinski definition) is 3. The first-order chi connectivity index (χ1) is 12.7. The van der Waals surface area contributed by atoms with Gasteiger partial charge in [0.15, 0.2) is 11.5 Å². The summed E-state index contributed by atoms with van der Waals surface area (Å²) in [5, 5.41) is 7.58. The highest BCUT2D eigenvalue weighted by molar-refractivity contribution is 5.88. The molecule has 1 aliphatic rings. The second kappa shape index (κ2) is 6.74.